The molecule has 24 heavy (non-hydrogen) atoms. The first-order chi connectivity index (χ1) is 11.6. The van der Waals surface area contributed by atoms with Crippen LogP contribution in [-0.2, 0) is 11.2 Å². The predicted molar refractivity (Wildman–Crippen MR) is 97.4 cm³/mol. The van der Waals surface area contributed by atoms with Gasteiger partial charge in [0.1, 0.15) is 5.65 Å². The molecular formula is C20H23N3O. The summed E-state index contributed by atoms with van der Waals surface area (Å²) in [5, 5.41) is 3.04. The molecule has 1 unspecified atom stereocenters. The van der Waals surface area contributed by atoms with Crippen LogP contribution < -0.4 is 5.32 Å². The Labute approximate surface area is 142 Å². The molecule has 3 aromatic rings. The summed E-state index contributed by atoms with van der Waals surface area (Å²) >= 11 is 0. The number of carbonyl (C=O) groups excluding carboxylic acids is 1. The average Bonchev–Trinajstić information content (AvgIpc) is 2.95. The molecule has 124 valence electrons. The van der Waals surface area contributed by atoms with Gasteiger partial charge in [0, 0.05) is 18.1 Å². The van der Waals surface area contributed by atoms with Crippen molar-refractivity contribution < 1.29 is 4.79 Å². The highest BCUT2D eigenvalue weighted by Gasteiger charge is 2.12. The number of benzene rings is 1. The molecule has 0 aliphatic rings. The molecule has 3 rings (SSSR count). The van der Waals surface area contributed by atoms with Gasteiger partial charge in [-0.3, -0.25) is 4.79 Å². The SMILES string of the molecule is CCC(C)c1ccccc1NC(=O)Cc1cn2ccc(C)cc2n1. The van der Waals surface area contributed by atoms with Gasteiger partial charge in [0.05, 0.1) is 12.1 Å². The maximum Gasteiger partial charge on any atom is 0.230 e. The second-order valence-electron chi connectivity index (χ2n) is 6.32. The molecule has 4 heteroatoms. The minimum atomic E-state index is -0.0362. The van der Waals surface area contributed by atoms with Crippen molar-refractivity contribution in [3.05, 3.63) is 65.6 Å². The van der Waals surface area contributed by atoms with Gasteiger partial charge in [-0.1, -0.05) is 32.0 Å². The molecule has 1 N–H and O–H groups in total. The molecular weight excluding hydrogens is 298 g/mol. The Kier molecular flexibility index (Phi) is 4.65. The number of nitrogens with zero attached hydrogens (tertiary/aromatic N) is 2. The number of rotatable bonds is 5. The van der Waals surface area contributed by atoms with E-state index in [2.05, 4.69) is 30.2 Å². The molecule has 4 nitrogen and oxygen atoms in total. The number of anilines is 1. The van der Waals surface area contributed by atoms with E-state index < -0.39 is 0 Å². The monoisotopic (exact) mass is 321 g/mol. The predicted octanol–water partition coefficient (Wildman–Crippen LogP) is 4.34. The molecule has 0 saturated heterocycles. The number of hydrogen-bond acceptors (Lipinski definition) is 2. The van der Waals surface area contributed by atoms with Crippen molar-refractivity contribution in [2.24, 2.45) is 0 Å². The normalized spacial score (nSPS) is 12.3. The second-order valence-corrected chi connectivity index (χ2v) is 6.32. The molecule has 2 heterocycles. The van der Waals surface area contributed by atoms with Gasteiger partial charge in [-0.05, 0) is 48.6 Å². The van der Waals surface area contributed by atoms with E-state index in [9.17, 15) is 4.79 Å². The largest absolute Gasteiger partial charge is 0.325 e. The van der Waals surface area contributed by atoms with Crippen LogP contribution in [0.25, 0.3) is 5.65 Å². The Bertz CT molecular complexity index is 866. The summed E-state index contributed by atoms with van der Waals surface area (Å²) in [7, 11) is 0. The van der Waals surface area contributed by atoms with E-state index >= 15 is 0 Å². The van der Waals surface area contributed by atoms with E-state index in [-0.39, 0.29) is 12.3 Å². The highest BCUT2D eigenvalue weighted by molar-refractivity contribution is 5.92. The first-order valence-corrected chi connectivity index (χ1v) is 8.40. The van der Waals surface area contributed by atoms with Crippen molar-refractivity contribution in [1.29, 1.82) is 0 Å². The fraction of sp³-hybridized carbons (Fsp3) is 0.300. The van der Waals surface area contributed by atoms with Gasteiger partial charge < -0.3 is 9.72 Å². The lowest BCUT2D eigenvalue weighted by molar-refractivity contribution is -0.115. The van der Waals surface area contributed by atoms with Crippen molar-refractivity contribution in [3.8, 4) is 0 Å². The third-order valence-corrected chi connectivity index (χ3v) is 4.39. The maximum atomic E-state index is 12.4. The van der Waals surface area contributed by atoms with Crippen LogP contribution in [0.3, 0.4) is 0 Å². The smallest absolute Gasteiger partial charge is 0.230 e. The van der Waals surface area contributed by atoms with Crippen molar-refractivity contribution in [1.82, 2.24) is 9.38 Å². The van der Waals surface area contributed by atoms with Crippen molar-refractivity contribution in [2.75, 3.05) is 5.32 Å². The Morgan fingerprint density at radius 2 is 2.08 bits per heavy atom. The minimum Gasteiger partial charge on any atom is -0.325 e. The van der Waals surface area contributed by atoms with Crippen LogP contribution in [0.15, 0.2) is 48.8 Å². The molecule has 0 bridgehead atoms. The minimum absolute atomic E-state index is 0.0362. The summed E-state index contributed by atoms with van der Waals surface area (Å²) in [6.07, 6.45) is 5.19. The molecule has 0 aliphatic heterocycles. The van der Waals surface area contributed by atoms with Gasteiger partial charge in [-0.25, -0.2) is 4.98 Å². The van der Waals surface area contributed by atoms with Gasteiger partial charge in [0.15, 0.2) is 0 Å². The molecule has 0 fully saturated rings. The number of carbonyl (C=O) groups is 1. The van der Waals surface area contributed by atoms with Crippen LogP contribution in [-0.4, -0.2) is 15.3 Å². The molecule has 1 atom stereocenters. The van der Waals surface area contributed by atoms with Gasteiger partial charge in [-0.15, -0.1) is 0 Å². The molecule has 2 aromatic heterocycles. The summed E-state index contributed by atoms with van der Waals surface area (Å²) in [4.78, 5) is 17.0. The molecule has 0 aliphatic carbocycles. The number of imidazole rings is 1. The van der Waals surface area contributed by atoms with Gasteiger partial charge >= 0.3 is 0 Å². The maximum absolute atomic E-state index is 12.4. The topological polar surface area (TPSA) is 46.4 Å². The molecule has 1 aromatic carbocycles. The number of nitrogens with one attached hydrogen (secondary N) is 1. The highest BCUT2D eigenvalue weighted by atomic mass is 16.1. The number of hydrogen-bond donors (Lipinski definition) is 1. The number of pyridine rings is 1. The van der Waals surface area contributed by atoms with E-state index in [1.165, 1.54) is 5.56 Å². The summed E-state index contributed by atoms with van der Waals surface area (Å²) in [6, 6.07) is 12.1. The first kappa shape index (κ1) is 16.2. The summed E-state index contributed by atoms with van der Waals surface area (Å²) in [5.41, 5.74) is 4.89. The Morgan fingerprint density at radius 3 is 2.88 bits per heavy atom. The summed E-state index contributed by atoms with van der Waals surface area (Å²) in [5.74, 6) is 0.380. The number of aromatic nitrogens is 2. The van der Waals surface area contributed by atoms with E-state index in [0.29, 0.717) is 5.92 Å². The number of amides is 1. The van der Waals surface area contributed by atoms with Crippen LogP contribution in [0.1, 0.15) is 43.0 Å². The lowest BCUT2D eigenvalue weighted by atomic mass is 9.97. The zero-order valence-electron chi connectivity index (χ0n) is 14.4. The van der Waals surface area contributed by atoms with Gasteiger partial charge in [-0.2, -0.15) is 0 Å². The van der Waals surface area contributed by atoms with Crippen molar-refractivity contribution in [2.45, 2.75) is 39.5 Å². The van der Waals surface area contributed by atoms with E-state index in [1.54, 1.807) is 0 Å². The van der Waals surface area contributed by atoms with Crippen LogP contribution in [0.5, 0.6) is 0 Å². The third-order valence-electron chi connectivity index (χ3n) is 4.39. The number of para-hydroxylation sites is 1. The second kappa shape index (κ2) is 6.87. The highest BCUT2D eigenvalue weighted by Crippen LogP contribution is 2.26. The average molecular weight is 321 g/mol. The molecule has 1 amide bonds. The van der Waals surface area contributed by atoms with Crippen molar-refractivity contribution >= 4 is 17.2 Å². The van der Waals surface area contributed by atoms with Crippen molar-refractivity contribution in [3.63, 3.8) is 0 Å². The third kappa shape index (κ3) is 3.48. The summed E-state index contributed by atoms with van der Waals surface area (Å²) < 4.78 is 1.95. The molecule has 0 radical (unpaired) electrons. The lowest BCUT2D eigenvalue weighted by Crippen LogP contribution is -2.16. The van der Waals surface area contributed by atoms with Crippen LogP contribution in [0.4, 0.5) is 5.69 Å². The van der Waals surface area contributed by atoms with Crippen LogP contribution in [0, 0.1) is 6.92 Å². The molecule has 0 saturated carbocycles. The fourth-order valence-electron chi connectivity index (χ4n) is 2.84. The first-order valence-electron chi connectivity index (χ1n) is 8.40. The standard InChI is InChI=1S/C20H23N3O/c1-4-15(3)17-7-5-6-8-18(17)22-20(24)12-16-13-23-10-9-14(2)11-19(23)21-16/h5-11,13,15H,4,12H2,1-3H3,(H,22,24). The summed E-state index contributed by atoms with van der Waals surface area (Å²) in [6.45, 7) is 6.37. The zero-order chi connectivity index (χ0) is 17.1. The van der Waals surface area contributed by atoms with E-state index in [4.69, 9.17) is 0 Å². The number of fused-ring (bicyclic) bond motifs is 1. The molecule has 0 spiro atoms. The van der Waals surface area contributed by atoms with E-state index in [0.717, 1.165) is 29.0 Å². The lowest BCUT2D eigenvalue weighted by Gasteiger charge is -2.15. The van der Waals surface area contributed by atoms with Gasteiger partial charge in [0.2, 0.25) is 5.91 Å². The number of aryl methyl sites for hydroxylation is 1. The Balaban J connectivity index is 1.75. The van der Waals surface area contributed by atoms with E-state index in [1.807, 2.05) is 54.0 Å². The quantitative estimate of drug-likeness (QED) is 0.760. The Hall–Kier alpha value is -2.62. The Morgan fingerprint density at radius 1 is 1.29 bits per heavy atom. The van der Waals surface area contributed by atoms with Crippen LogP contribution in [0.2, 0.25) is 0 Å². The van der Waals surface area contributed by atoms with Gasteiger partial charge in [0.25, 0.3) is 0 Å². The zero-order valence-corrected chi connectivity index (χ0v) is 14.4. The fourth-order valence-corrected chi connectivity index (χ4v) is 2.84. The van der Waals surface area contributed by atoms with Crippen LogP contribution >= 0.6 is 0 Å².